The minimum Gasteiger partial charge on any atom is -0.344 e. The third-order valence-corrected chi connectivity index (χ3v) is 8.43. The van der Waals surface area contributed by atoms with Crippen LogP contribution < -0.4 is 5.32 Å². The second-order valence-electron chi connectivity index (χ2n) is 12.5. The number of hydrogen-bond acceptors (Lipinski definition) is 6. The molecule has 35 heavy (non-hydrogen) atoms. The van der Waals surface area contributed by atoms with E-state index in [1.54, 1.807) is 0 Å². The molecule has 1 saturated carbocycles. The molecule has 4 aliphatic rings. The Bertz CT molecular complexity index is 758. The lowest BCUT2D eigenvalue weighted by molar-refractivity contribution is -0.216. The lowest BCUT2D eigenvalue weighted by Gasteiger charge is -2.46. The number of rotatable bonds is 7. The number of amides is 2. The van der Waals surface area contributed by atoms with Gasteiger partial charge in [-0.2, -0.15) is 0 Å². The van der Waals surface area contributed by atoms with Crippen molar-refractivity contribution in [2.24, 2.45) is 11.8 Å². The first-order valence-electron chi connectivity index (χ1n) is 13.9. The number of piperazine rings is 1. The second kappa shape index (κ2) is 10.6. The standard InChI is InChI=1S/C27H48N4O4/c1-17(2)12-21-25(32)31(11-9-28-21)22(13-18(3)4)26(33)30-10-8-27(16-19(30)5)34-23-14-20(29(6)7)15-24(23)35-27/h17-24,28H,8-16H2,1-7H3/t19-,20-,21-,22-,23+,24-,27?/m0/s1. The van der Waals surface area contributed by atoms with Gasteiger partial charge in [0, 0.05) is 44.6 Å². The van der Waals surface area contributed by atoms with Gasteiger partial charge < -0.3 is 29.5 Å². The van der Waals surface area contributed by atoms with Crippen LogP contribution in [0.1, 0.15) is 73.1 Å². The molecule has 2 amide bonds. The van der Waals surface area contributed by atoms with Crippen molar-refractivity contribution in [2.75, 3.05) is 33.7 Å². The molecule has 200 valence electrons. The molecule has 1 unspecified atom stereocenters. The quantitative estimate of drug-likeness (QED) is 0.589. The first-order valence-corrected chi connectivity index (χ1v) is 13.9. The number of nitrogens with one attached hydrogen (secondary N) is 1. The Morgan fingerprint density at radius 3 is 2.31 bits per heavy atom. The zero-order valence-corrected chi connectivity index (χ0v) is 23.0. The Morgan fingerprint density at radius 2 is 1.77 bits per heavy atom. The fourth-order valence-electron chi connectivity index (χ4n) is 6.62. The zero-order chi connectivity index (χ0) is 25.5. The highest BCUT2D eigenvalue weighted by molar-refractivity contribution is 5.90. The zero-order valence-electron chi connectivity index (χ0n) is 23.0. The molecule has 0 aromatic rings. The maximum Gasteiger partial charge on any atom is 0.245 e. The Labute approximate surface area is 212 Å². The maximum atomic E-state index is 14.0. The van der Waals surface area contributed by atoms with Crippen LogP contribution in [0.25, 0.3) is 0 Å². The predicted octanol–water partition coefficient (Wildman–Crippen LogP) is 2.46. The van der Waals surface area contributed by atoms with Gasteiger partial charge in [0.2, 0.25) is 11.8 Å². The van der Waals surface area contributed by atoms with Crippen molar-refractivity contribution in [1.82, 2.24) is 20.0 Å². The van der Waals surface area contributed by atoms with Gasteiger partial charge >= 0.3 is 0 Å². The van der Waals surface area contributed by atoms with Crippen LogP contribution >= 0.6 is 0 Å². The molecule has 3 heterocycles. The number of piperidine rings is 1. The van der Waals surface area contributed by atoms with Gasteiger partial charge in [-0.3, -0.25) is 9.59 Å². The Hall–Kier alpha value is -1.22. The fraction of sp³-hybridized carbons (Fsp3) is 0.926. The van der Waals surface area contributed by atoms with Crippen molar-refractivity contribution >= 4 is 11.8 Å². The molecule has 0 aromatic carbocycles. The van der Waals surface area contributed by atoms with Gasteiger partial charge in [0.1, 0.15) is 6.04 Å². The minimum atomic E-state index is -0.566. The molecule has 3 aliphatic heterocycles. The summed E-state index contributed by atoms with van der Waals surface area (Å²) in [6, 6.07) is -0.0754. The SMILES string of the molecule is CC(C)C[C@@H]1NCCN([C@@H](CC(C)C)C(=O)N2CCC3(C[C@@H]2C)O[C@H]2C[C@@H](N(C)C)C[C@H]2O3)C1=O. The molecule has 4 rings (SSSR count). The highest BCUT2D eigenvalue weighted by atomic mass is 16.8. The summed E-state index contributed by atoms with van der Waals surface area (Å²) >= 11 is 0. The molecule has 1 spiro atoms. The minimum absolute atomic E-state index is 0.0128. The summed E-state index contributed by atoms with van der Waals surface area (Å²) in [5, 5.41) is 3.38. The number of hydrogen-bond donors (Lipinski definition) is 1. The molecular formula is C27H48N4O4. The molecule has 8 nitrogen and oxygen atoms in total. The summed E-state index contributed by atoms with van der Waals surface area (Å²) in [6.07, 6.45) is 5.21. The van der Waals surface area contributed by atoms with Crippen molar-refractivity contribution in [3.05, 3.63) is 0 Å². The predicted molar refractivity (Wildman–Crippen MR) is 136 cm³/mol. The molecule has 3 saturated heterocycles. The van der Waals surface area contributed by atoms with Gasteiger partial charge in [-0.05, 0) is 58.5 Å². The lowest BCUT2D eigenvalue weighted by atomic mass is 9.93. The number of likely N-dealkylation sites (tertiary alicyclic amines) is 1. The van der Waals surface area contributed by atoms with Gasteiger partial charge in [-0.25, -0.2) is 0 Å². The van der Waals surface area contributed by atoms with Crippen molar-refractivity contribution in [3.8, 4) is 0 Å². The molecule has 0 aromatic heterocycles. The van der Waals surface area contributed by atoms with E-state index in [2.05, 4.69) is 58.9 Å². The summed E-state index contributed by atoms with van der Waals surface area (Å²) < 4.78 is 13.1. The molecule has 7 atom stereocenters. The number of ether oxygens (including phenoxy) is 2. The molecule has 0 bridgehead atoms. The summed E-state index contributed by atoms with van der Waals surface area (Å²) in [5.74, 6) is 0.352. The van der Waals surface area contributed by atoms with Crippen LogP contribution in [0.2, 0.25) is 0 Å². The van der Waals surface area contributed by atoms with E-state index in [0.717, 1.165) is 25.8 Å². The number of fused-ring (bicyclic) bond motifs is 1. The number of carbonyl (C=O) groups is 2. The van der Waals surface area contributed by atoms with Gasteiger partial charge in [0.25, 0.3) is 0 Å². The van der Waals surface area contributed by atoms with Crippen LogP contribution in [-0.4, -0.2) is 102 Å². The topological polar surface area (TPSA) is 74.3 Å². The first-order chi connectivity index (χ1) is 16.5. The fourth-order valence-corrected chi connectivity index (χ4v) is 6.62. The normalized spacial score (nSPS) is 36.6. The van der Waals surface area contributed by atoms with Crippen LogP contribution in [-0.2, 0) is 19.1 Å². The van der Waals surface area contributed by atoms with E-state index >= 15 is 0 Å². The monoisotopic (exact) mass is 492 g/mol. The number of carbonyl (C=O) groups excluding carboxylic acids is 2. The smallest absolute Gasteiger partial charge is 0.245 e. The van der Waals surface area contributed by atoms with Crippen molar-refractivity contribution < 1.29 is 19.1 Å². The van der Waals surface area contributed by atoms with E-state index in [-0.39, 0.29) is 36.1 Å². The summed E-state index contributed by atoms with van der Waals surface area (Å²) in [5.41, 5.74) is 0. The second-order valence-corrected chi connectivity index (χ2v) is 12.5. The lowest BCUT2D eigenvalue weighted by Crippen LogP contribution is -2.63. The van der Waals surface area contributed by atoms with E-state index in [4.69, 9.17) is 9.47 Å². The summed E-state index contributed by atoms with van der Waals surface area (Å²) in [7, 11) is 4.24. The number of nitrogens with zero attached hydrogens (tertiary/aromatic N) is 3. The van der Waals surface area contributed by atoms with Crippen molar-refractivity contribution in [2.45, 2.75) is 115 Å². The van der Waals surface area contributed by atoms with E-state index in [1.165, 1.54) is 0 Å². The summed E-state index contributed by atoms with van der Waals surface area (Å²) in [4.78, 5) is 33.5. The van der Waals surface area contributed by atoms with E-state index in [1.807, 2.05) is 9.80 Å². The van der Waals surface area contributed by atoms with Crippen LogP contribution in [0.15, 0.2) is 0 Å². The van der Waals surface area contributed by atoms with Crippen LogP contribution in [0.5, 0.6) is 0 Å². The Kier molecular flexibility index (Phi) is 8.16. The Balaban J connectivity index is 1.42. The van der Waals surface area contributed by atoms with Crippen LogP contribution in [0.3, 0.4) is 0 Å². The molecule has 1 N–H and O–H groups in total. The van der Waals surface area contributed by atoms with E-state index < -0.39 is 11.8 Å². The van der Waals surface area contributed by atoms with Gasteiger partial charge in [-0.1, -0.05) is 27.7 Å². The molecular weight excluding hydrogens is 444 g/mol. The molecule has 8 heteroatoms. The van der Waals surface area contributed by atoms with Gasteiger partial charge in [-0.15, -0.1) is 0 Å². The third kappa shape index (κ3) is 5.71. The van der Waals surface area contributed by atoms with Gasteiger partial charge in [0.15, 0.2) is 5.79 Å². The average Bonchev–Trinajstić information content (AvgIpc) is 3.29. The highest BCUT2D eigenvalue weighted by Crippen LogP contribution is 2.45. The van der Waals surface area contributed by atoms with Crippen LogP contribution in [0.4, 0.5) is 0 Å². The van der Waals surface area contributed by atoms with Crippen molar-refractivity contribution in [3.63, 3.8) is 0 Å². The van der Waals surface area contributed by atoms with Crippen LogP contribution in [0, 0.1) is 11.8 Å². The highest BCUT2D eigenvalue weighted by Gasteiger charge is 2.55. The average molecular weight is 493 g/mol. The Morgan fingerprint density at radius 1 is 1.11 bits per heavy atom. The molecule has 4 fully saturated rings. The van der Waals surface area contributed by atoms with E-state index in [9.17, 15) is 9.59 Å². The van der Waals surface area contributed by atoms with E-state index in [0.29, 0.717) is 50.2 Å². The summed E-state index contributed by atoms with van der Waals surface area (Å²) in [6.45, 7) is 12.6. The maximum absolute atomic E-state index is 14.0. The van der Waals surface area contributed by atoms with Gasteiger partial charge in [0.05, 0.1) is 18.2 Å². The largest absolute Gasteiger partial charge is 0.344 e. The third-order valence-electron chi connectivity index (χ3n) is 8.43. The molecule has 1 aliphatic carbocycles. The van der Waals surface area contributed by atoms with Crippen molar-refractivity contribution in [1.29, 1.82) is 0 Å². The molecule has 0 radical (unpaired) electrons. The first kappa shape index (κ1) is 26.8.